The Labute approximate surface area is 160 Å². The van der Waals surface area contributed by atoms with E-state index >= 15 is 0 Å². The number of carbonyl (C=O) groups excluding carboxylic acids is 3. The summed E-state index contributed by atoms with van der Waals surface area (Å²) in [6.45, 7) is 2.84. The number of nitrogens with one attached hydrogen (secondary N) is 2. The topological polar surface area (TPSA) is 81.8 Å². The first-order valence-electron chi connectivity index (χ1n) is 9.65. The molecule has 1 unspecified atom stereocenters. The molecule has 1 atom stereocenters. The maximum atomic E-state index is 13.3. The summed E-state index contributed by atoms with van der Waals surface area (Å²) in [5.74, 6) is -0.330. The molecule has 2 aliphatic rings. The molecule has 1 fully saturated rings. The monoisotopic (exact) mass is 372 g/mol. The van der Waals surface area contributed by atoms with Crippen LogP contribution >= 0.6 is 0 Å². The van der Waals surface area contributed by atoms with Gasteiger partial charge in [0, 0.05) is 6.54 Å². The van der Waals surface area contributed by atoms with Gasteiger partial charge in [-0.25, -0.2) is 9.69 Å². The van der Waals surface area contributed by atoms with Gasteiger partial charge in [-0.05, 0) is 50.3 Å². The number of hydrogen-bond donors (Lipinski definition) is 2. The van der Waals surface area contributed by atoms with Gasteiger partial charge < -0.3 is 10.6 Å². The van der Waals surface area contributed by atoms with Crippen LogP contribution in [0.15, 0.2) is 24.3 Å². The fourth-order valence-corrected chi connectivity index (χ4v) is 3.96. The molecule has 1 heterocycles. The highest BCUT2D eigenvalue weighted by Crippen LogP contribution is 2.38. The lowest BCUT2D eigenvalue weighted by atomic mass is 9.84. The Bertz CT molecular complexity index is 736. The van der Waals surface area contributed by atoms with Gasteiger partial charge in [0.25, 0.3) is 5.91 Å². The zero-order chi connectivity index (χ0) is 19.4. The zero-order valence-electron chi connectivity index (χ0n) is 16.1. The van der Waals surface area contributed by atoms with E-state index in [-0.39, 0.29) is 25.0 Å². The van der Waals surface area contributed by atoms with Crippen LogP contribution < -0.4 is 10.6 Å². The highest BCUT2D eigenvalue weighted by Gasteiger charge is 2.53. The number of hydrogen-bond acceptors (Lipinski definition) is 4. The van der Waals surface area contributed by atoms with Gasteiger partial charge in [-0.2, -0.15) is 0 Å². The fourth-order valence-electron chi connectivity index (χ4n) is 3.96. The van der Waals surface area contributed by atoms with Crippen LogP contribution in [0.5, 0.6) is 0 Å². The first-order valence-corrected chi connectivity index (χ1v) is 9.65. The SMILES string of the molecule is CCCNC(=O)CN(C)CN1C(=O)NC2(CCCCc3ccccc32)C1=O. The molecule has 0 bridgehead atoms. The Hall–Kier alpha value is -2.41. The molecule has 1 aliphatic carbocycles. The van der Waals surface area contributed by atoms with Gasteiger partial charge in [0.05, 0.1) is 13.2 Å². The van der Waals surface area contributed by atoms with Gasteiger partial charge in [0.15, 0.2) is 0 Å². The van der Waals surface area contributed by atoms with Crippen LogP contribution in [0.1, 0.15) is 43.7 Å². The number of nitrogens with zero attached hydrogens (tertiary/aromatic N) is 2. The molecular weight excluding hydrogens is 344 g/mol. The normalized spacial score (nSPS) is 22.0. The number of amides is 4. The molecule has 0 aromatic heterocycles. The highest BCUT2D eigenvalue weighted by atomic mass is 16.2. The summed E-state index contributed by atoms with van der Waals surface area (Å²) in [6.07, 6.45) is 4.26. The van der Waals surface area contributed by atoms with Crippen molar-refractivity contribution in [1.29, 1.82) is 0 Å². The van der Waals surface area contributed by atoms with Crippen molar-refractivity contribution in [3.63, 3.8) is 0 Å². The summed E-state index contributed by atoms with van der Waals surface area (Å²) in [5, 5.41) is 5.77. The fraction of sp³-hybridized carbons (Fsp3) is 0.550. The molecule has 1 aromatic rings. The minimum Gasteiger partial charge on any atom is -0.355 e. The summed E-state index contributed by atoms with van der Waals surface area (Å²) >= 11 is 0. The van der Waals surface area contributed by atoms with Crippen molar-refractivity contribution < 1.29 is 14.4 Å². The summed E-state index contributed by atoms with van der Waals surface area (Å²) in [7, 11) is 1.73. The molecule has 1 spiro atoms. The van der Waals surface area contributed by atoms with Crippen molar-refractivity contribution in [3.05, 3.63) is 35.4 Å². The lowest BCUT2D eigenvalue weighted by Crippen LogP contribution is -2.46. The Morgan fingerprint density at radius 3 is 2.85 bits per heavy atom. The van der Waals surface area contributed by atoms with Crippen LogP contribution in [0, 0.1) is 0 Å². The quantitative estimate of drug-likeness (QED) is 0.743. The number of urea groups is 1. The van der Waals surface area contributed by atoms with Gasteiger partial charge in [0.2, 0.25) is 5.91 Å². The second-order valence-electron chi connectivity index (χ2n) is 7.44. The number of fused-ring (bicyclic) bond motifs is 2. The largest absolute Gasteiger partial charge is 0.355 e. The van der Waals surface area contributed by atoms with Crippen LogP contribution in [0.4, 0.5) is 4.79 Å². The predicted octanol–water partition coefficient (Wildman–Crippen LogP) is 1.58. The second-order valence-corrected chi connectivity index (χ2v) is 7.44. The number of carbonyl (C=O) groups is 3. The van der Waals surface area contributed by atoms with Gasteiger partial charge in [-0.1, -0.05) is 31.2 Å². The Morgan fingerprint density at radius 1 is 1.30 bits per heavy atom. The van der Waals surface area contributed by atoms with Crippen LogP contribution in [0.25, 0.3) is 0 Å². The zero-order valence-corrected chi connectivity index (χ0v) is 16.1. The third-order valence-corrected chi connectivity index (χ3v) is 5.27. The van der Waals surface area contributed by atoms with E-state index in [4.69, 9.17) is 0 Å². The van der Waals surface area contributed by atoms with Crippen molar-refractivity contribution in [1.82, 2.24) is 20.4 Å². The van der Waals surface area contributed by atoms with Gasteiger partial charge in [0.1, 0.15) is 5.54 Å². The minimum absolute atomic E-state index is 0.0914. The summed E-state index contributed by atoms with van der Waals surface area (Å²) in [6, 6.07) is 7.48. The van der Waals surface area contributed by atoms with Gasteiger partial charge in [-0.15, -0.1) is 0 Å². The predicted molar refractivity (Wildman–Crippen MR) is 102 cm³/mol. The maximum absolute atomic E-state index is 13.3. The van der Waals surface area contributed by atoms with Crippen LogP contribution in [-0.4, -0.2) is 54.5 Å². The van der Waals surface area contributed by atoms with E-state index in [2.05, 4.69) is 10.6 Å². The number of imide groups is 1. The average molecular weight is 372 g/mol. The van der Waals surface area contributed by atoms with E-state index in [1.165, 1.54) is 4.90 Å². The third-order valence-electron chi connectivity index (χ3n) is 5.27. The van der Waals surface area contributed by atoms with E-state index in [1.54, 1.807) is 11.9 Å². The summed E-state index contributed by atoms with van der Waals surface area (Å²) in [4.78, 5) is 40.8. The average Bonchev–Trinajstić information content (AvgIpc) is 2.80. The van der Waals surface area contributed by atoms with Crippen LogP contribution in [0.2, 0.25) is 0 Å². The van der Waals surface area contributed by atoms with E-state index < -0.39 is 11.6 Å². The molecule has 2 N–H and O–H groups in total. The highest BCUT2D eigenvalue weighted by molar-refractivity contribution is 6.07. The van der Waals surface area contributed by atoms with Gasteiger partial charge in [-0.3, -0.25) is 14.5 Å². The summed E-state index contributed by atoms with van der Waals surface area (Å²) < 4.78 is 0. The molecule has 3 rings (SSSR count). The standard InChI is InChI=1S/C20H28N4O3/c1-3-12-21-17(25)13-23(2)14-24-18(26)20(22-19(24)27)11-7-6-9-15-8-4-5-10-16(15)20/h4-5,8,10H,3,6-7,9,11-14H2,1-2H3,(H,21,25)(H,22,27). The van der Waals surface area contributed by atoms with Crippen molar-refractivity contribution in [2.75, 3.05) is 26.8 Å². The number of benzene rings is 1. The van der Waals surface area contributed by atoms with E-state index in [0.29, 0.717) is 13.0 Å². The van der Waals surface area contributed by atoms with Crippen molar-refractivity contribution >= 4 is 17.8 Å². The molecule has 27 heavy (non-hydrogen) atoms. The Balaban J connectivity index is 1.76. The molecule has 7 heteroatoms. The lowest BCUT2D eigenvalue weighted by Gasteiger charge is -2.28. The maximum Gasteiger partial charge on any atom is 0.326 e. The smallest absolute Gasteiger partial charge is 0.326 e. The molecular formula is C20H28N4O3. The molecule has 7 nitrogen and oxygen atoms in total. The summed E-state index contributed by atoms with van der Waals surface area (Å²) in [5.41, 5.74) is 1.06. The van der Waals surface area contributed by atoms with Crippen molar-refractivity contribution in [3.8, 4) is 0 Å². The van der Waals surface area contributed by atoms with Crippen LogP contribution in [0.3, 0.4) is 0 Å². The number of aryl methyl sites for hydroxylation is 1. The lowest BCUT2D eigenvalue weighted by molar-refractivity contribution is -0.134. The number of rotatable bonds is 6. The van der Waals surface area contributed by atoms with E-state index in [1.807, 2.05) is 31.2 Å². The van der Waals surface area contributed by atoms with Gasteiger partial charge >= 0.3 is 6.03 Å². The molecule has 1 aliphatic heterocycles. The van der Waals surface area contributed by atoms with Crippen LogP contribution in [-0.2, 0) is 21.5 Å². The molecule has 146 valence electrons. The molecule has 0 saturated carbocycles. The first kappa shape index (κ1) is 19.4. The van der Waals surface area contributed by atoms with Crippen molar-refractivity contribution in [2.24, 2.45) is 0 Å². The Kier molecular flexibility index (Phi) is 5.79. The molecule has 0 radical (unpaired) electrons. The minimum atomic E-state index is -0.977. The van der Waals surface area contributed by atoms with Crippen molar-refractivity contribution in [2.45, 2.75) is 44.6 Å². The molecule has 1 aromatic carbocycles. The Morgan fingerprint density at radius 2 is 2.07 bits per heavy atom. The first-order chi connectivity index (χ1) is 13.0. The number of likely N-dealkylation sites (N-methyl/N-ethyl adjacent to an activating group) is 1. The second kappa shape index (κ2) is 8.08. The van der Waals surface area contributed by atoms with E-state index in [0.717, 1.165) is 36.8 Å². The van der Waals surface area contributed by atoms with E-state index in [9.17, 15) is 14.4 Å². The molecule has 1 saturated heterocycles. The molecule has 4 amide bonds. The third kappa shape index (κ3) is 3.83.